The van der Waals surface area contributed by atoms with Gasteiger partial charge in [0.15, 0.2) is 12.2 Å². The van der Waals surface area contributed by atoms with Gasteiger partial charge in [0.05, 0.1) is 49.2 Å². The predicted molar refractivity (Wildman–Crippen MR) is 358 cm³/mol. The van der Waals surface area contributed by atoms with Gasteiger partial charge in [-0.05, 0) is 82.8 Å². The van der Waals surface area contributed by atoms with Gasteiger partial charge in [0.25, 0.3) is 17.7 Å². The van der Waals surface area contributed by atoms with Crippen molar-refractivity contribution in [1.82, 2.24) is 57.7 Å². The number of nitrogens with one attached hydrogen (secondary N) is 9. The van der Waals surface area contributed by atoms with E-state index in [4.69, 9.17) is 26.7 Å². The maximum absolute atomic E-state index is 14.7. The van der Waals surface area contributed by atoms with E-state index < -0.39 is 186 Å². The van der Waals surface area contributed by atoms with Gasteiger partial charge >= 0.3 is 29.9 Å². The lowest BCUT2D eigenvalue weighted by Crippen LogP contribution is -2.57. The van der Waals surface area contributed by atoms with E-state index in [1.807, 2.05) is 6.92 Å². The SMILES string of the molecule is C/C=C(\NC(=O)N[C@@H](Cc1ccccc1)C(=O)O)C(=O)N[C@@H](CO)C(=O)N/C(=C\C)C(=O)N[C@@H](CO)C(=O)N/C(=C\C)C(=O)N[C@@H](CCCN=C(N)N)C(=O)N1CCC[C@H]1[C@H]1NC(C(=O)N[C@@H](CCSC)C(=O)O[C@@H](CC(=O)O)[C@@H]2CC[C@@H](OC(C)=O)N2C(=O)[C@@H](N)[C@@H](C)CC)CS1. The second-order valence-electron chi connectivity index (χ2n) is 23.2. The summed E-state index contributed by atoms with van der Waals surface area (Å²) in [4.78, 5) is 181. The fraction of sp³-hybridized carbons (Fsp3) is 0.581. The molecule has 0 radical (unpaired) electrons. The lowest BCUT2D eigenvalue weighted by atomic mass is 9.97. The summed E-state index contributed by atoms with van der Waals surface area (Å²) in [5.74, 6) is -11.6. The highest BCUT2D eigenvalue weighted by atomic mass is 32.2. The Morgan fingerprint density at radius 2 is 1.35 bits per heavy atom. The summed E-state index contributed by atoms with van der Waals surface area (Å²) >= 11 is 2.71. The van der Waals surface area contributed by atoms with Crippen LogP contribution in [0.25, 0.3) is 0 Å². The first-order valence-corrected chi connectivity index (χ1v) is 34.3. The highest BCUT2D eigenvalue weighted by Crippen LogP contribution is 2.34. The highest BCUT2D eigenvalue weighted by Gasteiger charge is 2.48. The number of carboxylic acids is 2. The Morgan fingerprint density at radius 3 is 1.87 bits per heavy atom. The van der Waals surface area contributed by atoms with Gasteiger partial charge in [-0.2, -0.15) is 11.8 Å². The second kappa shape index (κ2) is 40.8. The van der Waals surface area contributed by atoms with Crippen molar-refractivity contribution < 1.29 is 92.2 Å². The predicted octanol–water partition coefficient (Wildman–Crippen LogP) is -2.68. The van der Waals surface area contributed by atoms with Gasteiger partial charge in [-0.15, -0.1) is 11.8 Å². The van der Waals surface area contributed by atoms with Crippen molar-refractivity contribution in [2.75, 3.05) is 44.1 Å². The number of aliphatic hydroxyl groups is 2. The largest absolute Gasteiger partial charge is 0.481 e. The number of aliphatic imine (C=N–C) groups is 1. The number of hydrogen-bond donors (Lipinski definition) is 16. The maximum Gasteiger partial charge on any atom is 0.329 e. The molecule has 0 spiro atoms. The Morgan fingerprint density at radius 1 is 0.765 bits per heavy atom. The van der Waals surface area contributed by atoms with Gasteiger partial charge < -0.3 is 94.5 Å². The number of guanidine groups is 1. The van der Waals surface area contributed by atoms with Crippen molar-refractivity contribution in [3.05, 3.63) is 71.2 Å². The van der Waals surface area contributed by atoms with Crippen LogP contribution < -0.4 is 65.1 Å². The monoisotopic (exact) mass is 1420 g/mol. The zero-order valence-corrected chi connectivity index (χ0v) is 57.4. The molecule has 19 N–H and O–H groups in total. The number of aliphatic carboxylic acids is 2. The Balaban J connectivity index is 1.42. The van der Waals surface area contributed by atoms with Crippen molar-refractivity contribution >= 4 is 107 Å². The molecular weight excluding hydrogens is 1320 g/mol. The Bertz CT molecular complexity index is 3140. The number of nitrogens with two attached hydrogens (primary N) is 3. The van der Waals surface area contributed by atoms with Gasteiger partial charge in [-0.1, -0.05) is 68.8 Å². The number of likely N-dealkylation sites (tertiary alicyclic amines) is 2. The quantitative estimate of drug-likeness (QED) is 0.0106. The zero-order chi connectivity index (χ0) is 72.9. The molecule has 3 fully saturated rings. The number of nitrogens with zero attached hydrogens (tertiary/aromatic N) is 3. The summed E-state index contributed by atoms with van der Waals surface area (Å²) in [6, 6.07) is -3.76. The van der Waals surface area contributed by atoms with Crippen LogP contribution in [0.4, 0.5) is 4.79 Å². The molecule has 3 saturated heterocycles. The van der Waals surface area contributed by atoms with Crippen LogP contribution in [0.5, 0.6) is 0 Å². The number of rotatable bonds is 37. The molecule has 34 nitrogen and oxygen atoms in total. The van der Waals surface area contributed by atoms with E-state index in [1.54, 1.807) is 48.4 Å². The summed E-state index contributed by atoms with van der Waals surface area (Å²) in [7, 11) is 0. The molecule has 0 aliphatic carbocycles. The van der Waals surface area contributed by atoms with Gasteiger partial charge in [0.2, 0.25) is 29.5 Å². The van der Waals surface area contributed by atoms with Crippen LogP contribution in [0, 0.1) is 5.92 Å². The summed E-state index contributed by atoms with van der Waals surface area (Å²) < 4.78 is 11.4. The third kappa shape index (κ3) is 24.6. The minimum atomic E-state index is -1.79. The van der Waals surface area contributed by atoms with Crippen LogP contribution in [0.1, 0.15) is 105 Å². The topological polar surface area (TPSA) is 526 Å². The molecule has 1 unspecified atom stereocenters. The highest BCUT2D eigenvalue weighted by molar-refractivity contribution is 8.00. The number of allylic oxidation sites excluding steroid dienone is 3. The maximum atomic E-state index is 14.7. The lowest BCUT2D eigenvalue weighted by Gasteiger charge is -2.36. The van der Waals surface area contributed by atoms with E-state index in [2.05, 4.69) is 52.8 Å². The summed E-state index contributed by atoms with van der Waals surface area (Å²) in [6.45, 7) is 6.99. The molecule has 1 aromatic rings. The fourth-order valence-electron chi connectivity index (χ4n) is 10.8. The van der Waals surface area contributed by atoms with Crippen molar-refractivity contribution in [1.29, 1.82) is 0 Å². The fourth-order valence-corrected chi connectivity index (χ4v) is 12.6. The number of esters is 2. The van der Waals surface area contributed by atoms with E-state index in [9.17, 15) is 82.8 Å². The van der Waals surface area contributed by atoms with Gasteiger partial charge in [0.1, 0.15) is 53.4 Å². The molecule has 3 aliphatic rings. The number of hydrogen-bond acceptors (Lipinski definition) is 22. The standard InChI is InChI=1S/C62H93N15O19S2/c1-8-32(5)49(63)58(90)77-44(21-22-47(77)95-33(6)80)46(28-48(81)82)96-60(93)39(23-26-97-7)70-55(88)43-31-98-56(73-43)45-20-16-25-76(45)57(89)38(19-15-24-66-61(64)65)69-50(83)35(9-2)67-53(86)41(29-78)71-51(84)36(10-3)68-54(87)42(30-79)72-52(85)37(11-4)74-62(94)75-40(59(91)92)27-34-17-13-12-14-18-34/h9-14,17-18,32,38-47,49,56,73,78-79H,8,15-16,19-31,63H2,1-7H3,(H,67,86)(H,68,87)(H,69,83)(H,70,88)(H,71,84)(H,72,85)(H,81,82)(H,91,92)(H4,64,65,66)(H2,74,75,94)/b35-9-,36-10-,37-11-/t32-,38-,39-,40-,41-,42-,43?,44-,45-,46-,47+,49-,56-/m0/s1. The molecule has 0 saturated carbocycles. The van der Waals surface area contributed by atoms with Crippen molar-refractivity contribution in [3.8, 4) is 0 Å². The minimum Gasteiger partial charge on any atom is -0.481 e. The first kappa shape index (κ1) is 81.6. The number of benzene rings is 1. The lowest BCUT2D eigenvalue weighted by molar-refractivity contribution is -0.172. The third-order valence-corrected chi connectivity index (χ3v) is 18.2. The van der Waals surface area contributed by atoms with Crippen LogP contribution in [0.3, 0.4) is 0 Å². The van der Waals surface area contributed by atoms with Crippen LogP contribution in [0.15, 0.2) is 70.6 Å². The summed E-state index contributed by atoms with van der Waals surface area (Å²) in [5.41, 5.74) is 16.7. The van der Waals surface area contributed by atoms with Crippen LogP contribution in [-0.2, 0) is 73.4 Å². The molecule has 542 valence electrons. The molecular formula is C62H93N15O19S2. The van der Waals surface area contributed by atoms with Crippen molar-refractivity contribution in [2.24, 2.45) is 28.1 Å². The van der Waals surface area contributed by atoms with Gasteiger partial charge in [0, 0.05) is 38.6 Å². The molecule has 98 heavy (non-hydrogen) atoms. The van der Waals surface area contributed by atoms with Crippen LogP contribution in [-0.4, -0.2) is 229 Å². The van der Waals surface area contributed by atoms with E-state index >= 15 is 0 Å². The first-order chi connectivity index (χ1) is 46.6. The molecule has 3 aliphatic heterocycles. The smallest absolute Gasteiger partial charge is 0.329 e. The summed E-state index contributed by atoms with van der Waals surface area (Å²) in [5, 5.41) is 61.7. The Hall–Kier alpha value is -8.84. The number of urea groups is 1. The molecule has 0 aromatic heterocycles. The van der Waals surface area contributed by atoms with E-state index in [0.717, 1.165) is 19.1 Å². The van der Waals surface area contributed by atoms with Crippen molar-refractivity contribution in [3.63, 3.8) is 0 Å². The number of carbonyl (C=O) groups is 13. The molecule has 1 aromatic carbocycles. The first-order valence-electron chi connectivity index (χ1n) is 31.9. The van der Waals surface area contributed by atoms with Crippen LogP contribution in [0.2, 0.25) is 0 Å². The molecule has 36 heteroatoms. The van der Waals surface area contributed by atoms with Crippen molar-refractivity contribution in [2.45, 2.75) is 178 Å². The van der Waals surface area contributed by atoms with E-state index in [1.165, 1.54) is 55.3 Å². The molecule has 0 bridgehead atoms. The zero-order valence-electron chi connectivity index (χ0n) is 55.7. The molecule has 13 atom stereocenters. The number of ether oxygens (including phenoxy) is 2. The number of carboxylic acid groups (broad SMARTS) is 2. The molecule has 4 rings (SSSR count). The number of thioether (sulfide) groups is 2. The van der Waals surface area contributed by atoms with E-state index in [-0.39, 0.29) is 69.2 Å². The van der Waals surface area contributed by atoms with Gasteiger partial charge in [-0.3, -0.25) is 63.2 Å². The average molecular weight is 1420 g/mol. The second-order valence-corrected chi connectivity index (χ2v) is 25.3. The number of amides is 10. The Kier molecular flexibility index (Phi) is 33.9. The molecule has 10 amide bonds. The van der Waals surface area contributed by atoms with Gasteiger partial charge in [-0.25, -0.2) is 14.4 Å². The van der Waals surface area contributed by atoms with Crippen LogP contribution >= 0.6 is 23.5 Å². The number of carbonyl (C=O) groups excluding carboxylic acids is 11. The normalized spacial score (nSPS) is 20.3. The summed E-state index contributed by atoms with van der Waals surface area (Å²) in [6.07, 6.45) is 3.76. The third-order valence-electron chi connectivity index (χ3n) is 16.2. The average Bonchev–Trinajstić information content (AvgIpc) is 1.63. The van der Waals surface area contributed by atoms with E-state index in [0.29, 0.717) is 30.6 Å². The minimum absolute atomic E-state index is 0.0247. The Labute approximate surface area is 575 Å². The molecule has 3 heterocycles. The number of aliphatic hydroxyl groups excluding tert-OH is 2.